The van der Waals surface area contributed by atoms with E-state index in [1.54, 1.807) is 6.92 Å². The zero-order valence-corrected chi connectivity index (χ0v) is 14.3. The van der Waals surface area contributed by atoms with Crippen molar-refractivity contribution in [2.45, 2.75) is 6.92 Å². The SMILES string of the molecule is C=C(C)C(=O)Oc1c(I)cc(I)cc1I. The summed E-state index contributed by atoms with van der Waals surface area (Å²) >= 11 is 6.53. The minimum absolute atomic E-state index is 0.382. The molecule has 5 heteroatoms. The predicted molar refractivity (Wildman–Crippen MR) is 85.0 cm³/mol. The van der Waals surface area contributed by atoms with E-state index in [1.807, 2.05) is 12.1 Å². The molecule has 2 nitrogen and oxygen atoms in total. The van der Waals surface area contributed by atoms with Gasteiger partial charge in [0.1, 0.15) is 0 Å². The summed E-state index contributed by atoms with van der Waals surface area (Å²) in [6, 6.07) is 3.93. The maximum Gasteiger partial charge on any atom is 0.338 e. The van der Waals surface area contributed by atoms with Gasteiger partial charge in [0.05, 0.1) is 7.14 Å². The number of ether oxygens (including phenoxy) is 1. The Morgan fingerprint density at radius 3 is 2.13 bits per heavy atom. The molecule has 0 aromatic heterocycles. The predicted octanol–water partition coefficient (Wildman–Crippen LogP) is 3.98. The highest BCUT2D eigenvalue weighted by Crippen LogP contribution is 2.29. The van der Waals surface area contributed by atoms with Crippen LogP contribution in [0, 0.1) is 10.7 Å². The lowest BCUT2D eigenvalue weighted by atomic mass is 10.3. The van der Waals surface area contributed by atoms with Gasteiger partial charge in [0, 0.05) is 9.14 Å². The molecule has 0 unspecified atom stereocenters. The van der Waals surface area contributed by atoms with Gasteiger partial charge in [-0.2, -0.15) is 0 Å². The molecule has 0 atom stereocenters. The minimum atomic E-state index is -0.382. The van der Waals surface area contributed by atoms with Crippen molar-refractivity contribution < 1.29 is 9.53 Å². The van der Waals surface area contributed by atoms with E-state index in [0.29, 0.717) is 11.3 Å². The Labute approximate surface area is 129 Å². The normalized spacial score (nSPS) is 9.87. The van der Waals surface area contributed by atoms with Crippen molar-refractivity contribution in [2.24, 2.45) is 0 Å². The second-order valence-electron chi connectivity index (χ2n) is 2.87. The molecule has 0 bridgehead atoms. The Morgan fingerprint density at radius 2 is 1.73 bits per heavy atom. The van der Waals surface area contributed by atoms with E-state index >= 15 is 0 Å². The van der Waals surface area contributed by atoms with Crippen molar-refractivity contribution in [2.75, 3.05) is 0 Å². The summed E-state index contributed by atoms with van der Waals surface area (Å²) < 4.78 is 8.22. The molecule has 0 amide bonds. The van der Waals surface area contributed by atoms with Crippen molar-refractivity contribution >= 4 is 73.7 Å². The van der Waals surface area contributed by atoms with Gasteiger partial charge in [-0.1, -0.05) is 6.58 Å². The van der Waals surface area contributed by atoms with E-state index in [2.05, 4.69) is 74.4 Å². The Morgan fingerprint density at radius 1 is 1.27 bits per heavy atom. The molecule has 0 saturated carbocycles. The van der Waals surface area contributed by atoms with Crippen molar-refractivity contribution in [3.8, 4) is 5.75 Å². The molecule has 80 valence electrons. The van der Waals surface area contributed by atoms with E-state index in [1.165, 1.54) is 0 Å². The molecule has 1 rings (SSSR count). The molecule has 0 radical (unpaired) electrons. The highest BCUT2D eigenvalue weighted by Gasteiger charge is 2.12. The van der Waals surface area contributed by atoms with E-state index < -0.39 is 0 Å². The number of rotatable bonds is 2. The second kappa shape index (κ2) is 5.80. The average Bonchev–Trinajstić information content (AvgIpc) is 2.10. The number of hydrogen-bond donors (Lipinski definition) is 0. The molecule has 0 saturated heterocycles. The third kappa shape index (κ3) is 3.84. The third-order valence-electron chi connectivity index (χ3n) is 1.51. The van der Waals surface area contributed by atoms with Crippen LogP contribution in [0.15, 0.2) is 24.3 Å². The fourth-order valence-electron chi connectivity index (χ4n) is 0.806. The van der Waals surface area contributed by atoms with Gasteiger partial charge in [-0.05, 0) is 86.8 Å². The monoisotopic (exact) mass is 540 g/mol. The van der Waals surface area contributed by atoms with Gasteiger partial charge >= 0.3 is 5.97 Å². The molecule has 1 aromatic carbocycles. The number of halogens is 3. The first kappa shape index (κ1) is 13.7. The Kier molecular flexibility index (Phi) is 5.29. The molecule has 1 aromatic rings. The molecular formula is C10H7I3O2. The van der Waals surface area contributed by atoms with Crippen LogP contribution in [0.4, 0.5) is 0 Å². The molecule has 0 aliphatic carbocycles. The number of esters is 1. The van der Waals surface area contributed by atoms with Crippen LogP contribution in [0.1, 0.15) is 6.92 Å². The first-order chi connectivity index (χ1) is 6.91. The van der Waals surface area contributed by atoms with Gasteiger partial charge in [0.25, 0.3) is 0 Å². The van der Waals surface area contributed by atoms with Crippen molar-refractivity contribution in [1.82, 2.24) is 0 Å². The lowest BCUT2D eigenvalue weighted by molar-refractivity contribution is -0.130. The van der Waals surface area contributed by atoms with E-state index in [9.17, 15) is 4.79 Å². The summed E-state index contributed by atoms with van der Waals surface area (Å²) in [7, 11) is 0. The van der Waals surface area contributed by atoms with E-state index in [4.69, 9.17) is 4.74 Å². The summed E-state index contributed by atoms with van der Waals surface area (Å²) in [5, 5.41) is 0. The van der Waals surface area contributed by atoms with Crippen LogP contribution in [-0.2, 0) is 4.79 Å². The van der Waals surface area contributed by atoms with Crippen LogP contribution in [0.25, 0.3) is 0 Å². The van der Waals surface area contributed by atoms with Crippen molar-refractivity contribution in [3.05, 3.63) is 35.0 Å². The van der Waals surface area contributed by atoms with Crippen LogP contribution in [0.3, 0.4) is 0 Å². The van der Waals surface area contributed by atoms with Crippen LogP contribution in [0.5, 0.6) is 5.75 Å². The zero-order chi connectivity index (χ0) is 11.6. The quantitative estimate of drug-likeness (QED) is 0.246. The minimum Gasteiger partial charge on any atom is -0.421 e. The van der Waals surface area contributed by atoms with Gasteiger partial charge in [0.15, 0.2) is 5.75 Å². The molecule has 0 aliphatic rings. The molecule has 15 heavy (non-hydrogen) atoms. The van der Waals surface area contributed by atoms with Crippen LogP contribution >= 0.6 is 67.8 Å². The van der Waals surface area contributed by atoms with Crippen LogP contribution in [-0.4, -0.2) is 5.97 Å². The number of benzene rings is 1. The Balaban J connectivity index is 3.05. The maximum atomic E-state index is 11.4. The zero-order valence-electron chi connectivity index (χ0n) is 7.81. The lowest BCUT2D eigenvalue weighted by Gasteiger charge is -2.08. The molecule has 0 N–H and O–H groups in total. The summed E-state index contributed by atoms with van der Waals surface area (Å²) in [6.07, 6.45) is 0. The highest BCUT2D eigenvalue weighted by atomic mass is 127. The van der Waals surface area contributed by atoms with E-state index in [0.717, 1.165) is 10.7 Å². The first-order valence-electron chi connectivity index (χ1n) is 3.94. The number of carbonyl (C=O) groups is 1. The number of carbonyl (C=O) groups excluding carboxylic acids is 1. The smallest absolute Gasteiger partial charge is 0.338 e. The maximum absolute atomic E-state index is 11.4. The van der Waals surface area contributed by atoms with Gasteiger partial charge in [-0.15, -0.1) is 0 Å². The number of hydrogen-bond acceptors (Lipinski definition) is 2. The summed E-state index contributed by atoms with van der Waals surface area (Å²) in [5.74, 6) is 0.233. The molecule has 0 heterocycles. The van der Waals surface area contributed by atoms with Crippen LogP contribution in [0.2, 0.25) is 0 Å². The largest absolute Gasteiger partial charge is 0.421 e. The van der Waals surface area contributed by atoms with E-state index in [-0.39, 0.29) is 5.97 Å². The summed E-state index contributed by atoms with van der Waals surface area (Å²) in [4.78, 5) is 11.4. The summed E-state index contributed by atoms with van der Waals surface area (Å²) in [6.45, 7) is 5.18. The molecular weight excluding hydrogens is 533 g/mol. The molecule has 0 spiro atoms. The second-order valence-corrected chi connectivity index (χ2v) is 6.44. The van der Waals surface area contributed by atoms with Crippen molar-refractivity contribution in [1.29, 1.82) is 0 Å². The molecule has 0 aliphatic heterocycles. The van der Waals surface area contributed by atoms with Gasteiger partial charge in [0.2, 0.25) is 0 Å². The fourth-order valence-corrected chi connectivity index (χ4v) is 4.61. The standard InChI is InChI=1S/C10H7I3O2/c1-5(2)10(14)15-9-7(12)3-6(11)4-8(9)13/h3-4H,1H2,2H3. The molecule has 0 fully saturated rings. The van der Waals surface area contributed by atoms with Crippen LogP contribution < -0.4 is 4.74 Å². The topological polar surface area (TPSA) is 26.3 Å². The third-order valence-corrected chi connectivity index (χ3v) is 3.73. The van der Waals surface area contributed by atoms with Gasteiger partial charge in [-0.25, -0.2) is 4.79 Å². The summed E-state index contributed by atoms with van der Waals surface area (Å²) in [5.41, 5.74) is 0.403. The fraction of sp³-hybridized carbons (Fsp3) is 0.100. The Hall–Kier alpha value is 0.620. The first-order valence-corrected chi connectivity index (χ1v) is 7.17. The van der Waals surface area contributed by atoms with Gasteiger partial charge < -0.3 is 4.74 Å². The average molecular weight is 540 g/mol. The Bertz CT molecular complexity index is 404. The highest BCUT2D eigenvalue weighted by molar-refractivity contribution is 14.1. The van der Waals surface area contributed by atoms with Gasteiger partial charge in [-0.3, -0.25) is 0 Å². The lowest BCUT2D eigenvalue weighted by Crippen LogP contribution is -2.10. The van der Waals surface area contributed by atoms with Crippen molar-refractivity contribution in [3.63, 3.8) is 0 Å².